The molecule has 0 radical (unpaired) electrons. The van der Waals surface area contributed by atoms with E-state index in [9.17, 15) is 14.0 Å². The van der Waals surface area contributed by atoms with Crippen LogP contribution in [0.5, 0.6) is 0 Å². The highest BCUT2D eigenvalue weighted by atomic mass is 32.2. The highest BCUT2D eigenvalue weighted by molar-refractivity contribution is 7.96. The predicted molar refractivity (Wildman–Crippen MR) is 139 cm³/mol. The van der Waals surface area contributed by atoms with Gasteiger partial charge in [0.25, 0.3) is 11.5 Å². The first-order chi connectivity index (χ1) is 17.3. The van der Waals surface area contributed by atoms with E-state index in [2.05, 4.69) is 15.4 Å². The molecule has 0 saturated heterocycles. The van der Waals surface area contributed by atoms with Crippen LogP contribution in [0.4, 0.5) is 26.0 Å². The van der Waals surface area contributed by atoms with Crippen LogP contribution in [-0.4, -0.2) is 23.1 Å². The van der Waals surface area contributed by atoms with Crippen LogP contribution in [-0.2, 0) is 17.7 Å². The first-order valence-corrected chi connectivity index (χ1v) is 12.4. The second kappa shape index (κ2) is 11.1. The lowest BCUT2D eigenvalue weighted by atomic mass is 10.0. The van der Waals surface area contributed by atoms with Crippen LogP contribution >= 0.6 is 12.2 Å². The number of amides is 1. The van der Waals surface area contributed by atoms with Crippen LogP contribution in [0, 0.1) is 18.6 Å². The van der Waals surface area contributed by atoms with Crippen molar-refractivity contribution in [3.63, 3.8) is 0 Å². The van der Waals surface area contributed by atoms with Crippen LogP contribution in [0.2, 0.25) is 0 Å². The van der Waals surface area contributed by atoms with Gasteiger partial charge in [-0.15, -0.1) is 0 Å². The molecule has 3 N–H and O–H groups in total. The van der Waals surface area contributed by atoms with Crippen molar-refractivity contribution < 1.29 is 17.8 Å². The molecule has 1 aromatic heterocycles. The van der Waals surface area contributed by atoms with E-state index < -0.39 is 17.2 Å². The van der Waals surface area contributed by atoms with Gasteiger partial charge in [-0.3, -0.25) is 18.3 Å². The van der Waals surface area contributed by atoms with Crippen molar-refractivity contribution in [1.29, 1.82) is 0 Å². The third-order valence-electron chi connectivity index (χ3n) is 5.81. The molecule has 0 atom stereocenters. The Morgan fingerprint density at radius 2 is 1.92 bits per heavy atom. The summed E-state index contributed by atoms with van der Waals surface area (Å²) in [6.45, 7) is 4.04. The number of nitrogens with one attached hydrogen (secondary N) is 3. The molecule has 2 aromatic carbocycles. The molecular formula is C26H28F2N4O3S. The molecule has 1 fully saturated rings. The summed E-state index contributed by atoms with van der Waals surface area (Å²) in [5.41, 5.74) is 1.39. The number of carbonyl (C=O) groups excluding carboxylic acids is 1. The SMILES string of the molecule is CCOSNc1cccc(Cc2cc(C(=O)NC3CC3)c(Nc3ccc(C)cc3F)n(C)c2=O)c1F. The Bertz CT molecular complexity index is 1340. The maximum Gasteiger partial charge on any atom is 0.255 e. The summed E-state index contributed by atoms with van der Waals surface area (Å²) in [7, 11) is 1.50. The zero-order valence-corrected chi connectivity index (χ0v) is 21.1. The van der Waals surface area contributed by atoms with Crippen LogP contribution < -0.4 is 20.9 Å². The van der Waals surface area contributed by atoms with Gasteiger partial charge in [-0.25, -0.2) is 8.78 Å². The van der Waals surface area contributed by atoms with Gasteiger partial charge in [0.2, 0.25) is 0 Å². The fourth-order valence-electron chi connectivity index (χ4n) is 3.73. The number of nitrogens with zero attached hydrogens (tertiary/aromatic N) is 1. The Morgan fingerprint density at radius 1 is 1.14 bits per heavy atom. The molecular weight excluding hydrogens is 486 g/mol. The van der Waals surface area contributed by atoms with Crippen LogP contribution in [0.3, 0.4) is 0 Å². The number of carbonyl (C=O) groups is 1. The molecule has 1 aliphatic rings. The molecule has 0 aliphatic heterocycles. The zero-order valence-electron chi connectivity index (χ0n) is 20.3. The first kappa shape index (κ1) is 25.7. The van der Waals surface area contributed by atoms with Gasteiger partial charge in [0.1, 0.15) is 23.9 Å². The Labute approximate surface area is 212 Å². The molecule has 0 unspecified atom stereocenters. The molecule has 3 aromatic rings. The minimum atomic E-state index is -0.514. The monoisotopic (exact) mass is 514 g/mol. The van der Waals surface area contributed by atoms with Gasteiger partial charge >= 0.3 is 0 Å². The lowest BCUT2D eigenvalue weighted by molar-refractivity contribution is 0.0951. The standard InChI is InChI=1S/C26H28F2N4O3S/c1-4-35-36-31-22-7-5-6-16(23(22)28)13-17-14-19(25(33)29-18-9-10-18)24(32(3)26(17)34)30-21-11-8-15(2)12-20(21)27/h5-8,11-12,14,18,30-31H,4,9-10,13H2,1-3H3,(H,29,33). The lowest BCUT2D eigenvalue weighted by Crippen LogP contribution is -2.31. The third kappa shape index (κ3) is 5.88. The number of hydrogen-bond acceptors (Lipinski definition) is 6. The van der Waals surface area contributed by atoms with Gasteiger partial charge in [-0.1, -0.05) is 18.2 Å². The first-order valence-electron chi connectivity index (χ1n) is 11.7. The van der Waals surface area contributed by atoms with Crippen molar-refractivity contribution in [3.05, 3.63) is 86.7 Å². The molecule has 10 heteroatoms. The average molecular weight is 515 g/mol. The summed E-state index contributed by atoms with van der Waals surface area (Å²) >= 11 is 0.916. The smallest absolute Gasteiger partial charge is 0.255 e. The lowest BCUT2D eigenvalue weighted by Gasteiger charge is -2.18. The van der Waals surface area contributed by atoms with E-state index in [0.29, 0.717) is 6.61 Å². The molecule has 0 spiro atoms. The summed E-state index contributed by atoms with van der Waals surface area (Å²) in [4.78, 5) is 26.4. The van der Waals surface area contributed by atoms with E-state index in [1.165, 1.54) is 23.7 Å². The summed E-state index contributed by atoms with van der Waals surface area (Å²) < 4.78 is 38.9. The van der Waals surface area contributed by atoms with Gasteiger partial charge in [0.05, 0.1) is 23.5 Å². The quantitative estimate of drug-likeness (QED) is 0.196. The van der Waals surface area contributed by atoms with E-state index in [1.54, 1.807) is 37.3 Å². The fourth-order valence-corrected chi connectivity index (χ4v) is 4.15. The minimum absolute atomic E-state index is 0.0315. The van der Waals surface area contributed by atoms with E-state index in [1.807, 2.05) is 6.92 Å². The number of benzene rings is 2. The van der Waals surface area contributed by atoms with Gasteiger partial charge in [0.15, 0.2) is 5.82 Å². The van der Waals surface area contributed by atoms with Gasteiger partial charge in [-0.2, -0.15) is 0 Å². The second-order valence-electron chi connectivity index (χ2n) is 8.70. The number of rotatable bonds is 10. The molecule has 1 amide bonds. The van der Waals surface area contributed by atoms with E-state index >= 15 is 4.39 Å². The molecule has 1 heterocycles. The molecule has 36 heavy (non-hydrogen) atoms. The number of aromatic nitrogens is 1. The van der Waals surface area contributed by atoms with E-state index in [-0.39, 0.29) is 52.3 Å². The summed E-state index contributed by atoms with van der Waals surface area (Å²) in [6, 6.07) is 11.0. The molecule has 190 valence electrons. The van der Waals surface area contributed by atoms with Gasteiger partial charge in [0, 0.05) is 25.1 Å². The summed E-state index contributed by atoms with van der Waals surface area (Å²) in [5.74, 6) is -1.24. The number of hydrogen-bond donors (Lipinski definition) is 3. The topological polar surface area (TPSA) is 84.4 Å². The minimum Gasteiger partial charge on any atom is -0.349 e. The zero-order chi connectivity index (χ0) is 25.8. The maximum atomic E-state index is 15.1. The fraction of sp³-hybridized carbons (Fsp3) is 0.308. The Kier molecular flexibility index (Phi) is 7.95. The van der Waals surface area contributed by atoms with Crippen molar-refractivity contribution in [2.24, 2.45) is 7.05 Å². The molecule has 7 nitrogen and oxygen atoms in total. The van der Waals surface area contributed by atoms with Gasteiger partial charge in [-0.05, 0) is 62.1 Å². The predicted octanol–water partition coefficient (Wildman–Crippen LogP) is 5.21. The van der Waals surface area contributed by atoms with E-state index in [4.69, 9.17) is 4.18 Å². The van der Waals surface area contributed by atoms with Crippen molar-refractivity contribution in [3.8, 4) is 0 Å². The highest BCUT2D eigenvalue weighted by Gasteiger charge is 2.27. The van der Waals surface area contributed by atoms with Gasteiger partial charge < -0.3 is 15.4 Å². The number of aryl methyl sites for hydroxylation is 1. The summed E-state index contributed by atoms with van der Waals surface area (Å²) in [5, 5.41) is 5.84. The second-order valence-corrected chi connectivity index (χ2v) is 9.31. The van der Waals surface area contributed by atoms with Crippen molar-refractivity contribution in [2.45, 2.75) is 39.2 Å². The summed E-state index contributed by atoms with van der Waals surface area (Å²) in [6.07, 6.45) is 1.73. The van der Waals surface area contributed by atoms with Crippen molar-refractivity contribution in [2.75, 3.05) is 16.6 Å². The highest BCUT2D eigenvalue weighted by Crippen LogP contribution is 2.27. The average Bonchev–Trinajstić information content (AvgIpc) is 3.66. The van der Waals surface area contributed by atoms with Crippen LogP contribution in [0.1, 0.15) is 46.8 Å². The maximum absolute atomic E-state index is 15.1. The van der Waals surface area contributed by atoms with Crippen molar-refractivity contribution in [1.82, 2.24) is 9.88 Å². The normalized spacial score (nSPS) is 12.9. The number of halogens is 2. The largest absolute Gasteiger partial charge is 0.349 e. The molecule has 1 saturated carbocycles. The molecule has 4 rings (SSSR count). The van der Waals surface area contributed by atoms with Crippen molar-refractivity contribution >= 4 is 35.3 Å². The van der Waals surface area contributed by atoms with Crippen LogP contribution in [0.15, 0.2) is 47.3 Å². The Hall–Kier alpha value is -3.37. The van der Waals surface area contributed by atoms with Crippen LogP contribution in [0.25, 0.3) is 0 Å². The Morgan fingerprint density at radius 3 is 2.61 bits per heavy atom. The molecule has 1 aliphatic carbocycles. The van der Waals surface area contributed by atoms with E-state index in [0.717, 1.165) is 30.6 Å². The Balaban J connectivity index is 1.72. The molecule has 0 bridgehead atoms. The number of pyridine rings is 1. The number of anilines is 3. The third-order valence-corrected chi connectivity index (χ3v) is 6.47.